The molecule has 0 aliphatic carbocycles. The molecule has 0 unspecified atom stereocenters. The van der Waals surface area contributed by atoms with Crippen LogP contribution < -0.4 is 10.2 Å². The maximum absolute atomic E-state index is 12.0. The van der Waals surface area contributed by atoms with Gasteiger partial charge in [0.25, 0.3) is 0 Å². The van der Waals surface area contributed by atoms with Crippen LogP contribution >= 0.6 is 0 Å². The fraction of sp³-hybridized carbons (Fsp3) is 0.600. The number of nitrogens with one attached hydrogen (secondary N) is 1. The van der Waals surface area contributed by atoms with Crippen molar-refractivity contribution in [2.24, 2.45) is 5.41 Å². The highest BCUT2D eigenvalue weighted by atomic mass is 16.5. The highest BCUT2D eigenvalue weighted by Crippen LogP contribution is 2.19. The van der Waals surface area contributed by atoms with Gasteiger partial charge in [-0.2, -0.15) is 0 Å². The molecule has 1 aliphatic rings. The van der Waals surface area contributed by atoms with Gasteiger partial charge in [-0.1, -0.05) is 26.8 Å². The minimum atomic E-state index is -0.374. The number of pyridine rings is 1. The van der Waals surface area contributed by atoms with Crippen LogP contribution in [0.5, 0.6) is 0 Å². The number of anilines is 1. The van der Waals surface area contributed by atoms with Crippen LogP contribution in [0.1, 0.15) is 26.3 Å². The van der Waals surface area contributed by atoms with Crippen LogP contribution in [0, 0.1) is 5.41 Å². The number of nitrogens with zero attached hydrogens (tertiary/aromatic N) is 2. The molecule has 0 saturated carbocycles. The van der Waals surface area contributed by atoms with Gasteiger partial charge in [0.05, 0.1) is 13.2 Å². The van der Waals surface area contributed by atoms with Crippen LogP contribution in [0.2, 0.25) is 0 Å². The summed E-state index contributed by atoms with van der Waals surface area (Å²) < 4.78 is 5.36. The summed E-state index contributed by atoms with van der Waals surface area (Å²) in [5.74, 6) is 0.999. The first-order valence-corrected chi connectivity index (χ1v) is 7.03. The van der Waals surface area contributed by atoms with E-state index in [9.17, 15) is 4.79 Å². The van der Waals surface area contributed by atoms with Gasteiger partial charge in [-0.3, -0.25) is 4.79 Å². The number of morpholine rings is 1. The van der Waals surface area contributed by atoms with E-state index in [0.717, 1.165) is 37.7 Å². The topological polar surface area (TPSA) is 54.5 Å². The van der Waals surface area contributed by atoms with Gasteiger partial charge in [0, 0.05) is 36.8 Å². The third-order valence-corrected chi connectivity index (χ3v) is 3.30. The minimum absolute atomic E-state index is 0.0503. The molecule has 2 heterocycles. The molecular weight excluding hydrogens is 254 g/mol. The highest BCUT2D eigenvalue weighted by molar-refractivity contribution is 5.81. The quantitative estimate of drug-likeness (QED) is 0.911. The molecular formula is C15H23N3O2. The van der Waals surface area contributed by atoms with Gasteiger partial charge in [-0.05, 0) is 6.07 Å². The van der Waals surface area contributed by atoms with Crippen molar-refractivity contribution < 1.29 is 9.53 Å². The third kappa shape index (κ3) is 3.70. The third-order valence-electron chi connectivity index (χ3n) is 3.30. The molecule has 1 aromatic heterocycles. The van der Waals surface area contributed by atoms with Crippen molar-refractivity contribution in [2.75, 3.05) is 31.2 Å². The summed E-state index contributed by atoms with van der Waals surface area (Å²) in [5, 5.41) is 2.98. The molecule has 2 rings (SSSR count). The molecule has 0 radical (unpaired) electrons. The van der Waals surface area contributed by atoms with Crippen molar-refractivity contribution >= 4 is 11.7 Å². The number of rotatable bonds is 3. The smallest absolute Gasteiger partial charge is 0.225 e. The van der Waals surface area contributed by atoms with Crippen LogP contribution in [0.25, 0.3) is 0 Å². The van der Waals surface area contributed by atoms with E-state index in [2.05, 4.69) is 15.2 Å². The molecule has 1 N–H and O–H groups in total. The van der Waals surface area contributed by atoms with Crippen molar-refractivity contribution in [3.8, 4) is 0 Å². The number of carbonyl (C=O) groups is 1. The van der Waals surface area contributed by atoms with Gasteiger partial charge in [0.1, 0.15) is 5.82 Å². The zero-order valence-corrected chi connectivity index (χ0v) is 12.5. The zero-order chi connectivity index (χ0) is 14.6. The lowest BCUT2D eigenvalue weighted by molar-refractivity contribution is -0.128. The first-order chi connectivity index (χ1) is 9.48. The second-order valence-corrected chi connectivity index (χ2v) is 6.02. The molecule has 20 heavy (non-hydrogen) atoms. The van der Waals surface area contributed by atoms with E-state index < -0.39 is 0 Å². The van der Waals surface area contributed by atoms with Crippen molar-refractivity contribution in [3.63, 3.8) is 0 Å². The maximum Gasteiger partial charge on any atom is 0.225 e. The van der Waals surface area contributed by atoms with Crippen LogP contribution in [-0.4, -0.2) is 37.2 Å². The normalized spacial score (nSPS) is 16.1. The molecule has 1 saturated heterocycles. The molecule has 0 atom stereocenters. The summed E-state index contributed by atoms with van der Waals surface area (Å²) in [6.07, 6.45) is 1.79. The van der Waals surface area contributed by atoms with Gasteiger partial charge < -0.3 is 15.0 Å². The first kappa shape index (κ1) is 14.8. The van der Waals surface area contributed by atoms with Gasteiger partial charge in [-0.25, -0.2) is 4.98 Å². The van der Waals surface area contributed by atoms with Gasteiger partial charge in [0.15, 0.2) is 0 Å². The number of ether oxygens (including phenoxy) is 1. The summed E-state index contributed by atoms with van der Waals surface area (Å²) in [6.45, 7) is 9.39. The summed E-state index contributed by atoms with van der Waals surface area (Å²) in [4.78, 5) is 18.6. The fourth-order valence-electron chi connectivity index (χ4n) is 2.07. The molecule has 1 fully saturated rings. The molecule has 110 valence electrons. The Morgan fingerprint density at radius 2 is 2.10 bits per heavy atom. The lowest BCUT2D eigenvalue weighted by Crippen LogP contribution is -2.38. The Hall–Kier alpha value is -1.62. The van der Waals surface area contributed by atoms with E-state index >= 15 is 0 Å². The minimum Gasteiger partial charge on any atom is -0.378 e. The van der Waals surface area contributed by atoms with Crippen LogP contribution in [0.3, 0.4) is 0 Å². The Bertz CT molecular complexity index is 462. The predicted molar refractivity (Wildman–Crippen MR) is 78.6 cm³/mol. The largest absolute Gasteiger partial charge is 0.378 e. The van der Waals surface area contributed by atoms with Gasteiger partial charge in [0.2, 0.25) is 5.91 Å². The lowest BCUT2D eigenvalue weighted by atomic mass is 9.95. The molecule has 1 amide bonds. The van der Waals surface area contributed by atoms with Crippen LogP contribution in [-0.2, 0) is 16.1 Å². The Kier molecular flexibility index (Phi) is 4.60. The summed E-state index contributed by atoms with van der Waals surface area (Å²) in [6, 6.07) is 3.92. The average Bonchev–Trinajstić information content (AvgIpc) is 2.45. The molecule has 0 spiro atoms. The van der Waals surface area contributed by atoms with E-state index in [1.807, 2.05) is 32.9 Å². The Balaban J connectivity index is 2.06. The molecule has 5 nitrogen and oxygen atoms in total. The summed E-state index contributed by atoms with van der Waals surface area (Å²) in [5.41, 5.74) is 0.674. The van der Waals surface area contributed by atoms with Crippen molar-refractivity contribution in [1.82, 2.24) is 10.3 Å². The molecule has 1 aliphatic heterocycles. The number of amides is 1. The Labute approximate surface area is 120 Å². The standard InChI is InChI=1S/C15H23N3O2/c1-15(2,3)14(19)17-11-12-5-4-6-16-13(12)18-7-9-20-10-8-18/h4-6H,7-11H2,1-3H3,(H,17,19). The van der Waals surface area contributed by atoms with Crippen molar-refractivity contribution in [3.05, 3.63) is 23.9 Å². The SMILES string of the molecule is CC(C)(C)C(=O)NCc1cccnc1N1CCOCC1. The monoisotopic (exact) mass is 277 g/mol. The van der Waals surface area contributed by atoms with Crippen LogP contribution in [0.15, 0.2) is 18.3 Å². The summed E-state index contributed by atoms with van der Waals surface area (Å²) >= 11 is 0. The van der Waals surface area contributed by atoms with E-state index in [0.29, 0.717) is 6.54 Å². The van der Waals surface area contributed by atoms with Gasteiger partial charge >= 0.3 is 0 Å². The van der Waals surface area contributed by atoms with Crippen molar-refractivity contribution in [1.29, 1.82) is 0 Å². The second kappa shape index (κ2) is 6.22. The number of hydrogen-bond donors (Lipinski definition) is 1. The van der Waals surface area contributed by atoms with E-state index in [-0.39, 0.29) is 11.3 Å². The average molecular weight is 277 g/mol. The zero-order valence-electron chi connectivity index (χ0n) is 12.5. The number of hydrogen-bond acceptors (Lipinski definition) is 4. The maximum atomic E-state index is 12.0. The number of aromatic nitrogens is 1. The molecule has 0 aromatic carbocycles. The molecule has 5 heteroatoms. The van der Waals surface area contributed by atoms with E-state index in [4.69, 9.17) is 4.74 Å². The van der Waals surface area contributed by atoms with E-state index in [1.165, 1.54) is 0 Å². The predicted octanol–water partition coefficient (Wildman–Crippen LogP) is 1.58. The van der Waals surface area contributed by atoms with E-state index in [1.54, 1.807) is 6.20 Å². The molecule has 1 aromatic rings. The summed E-state index contributed by atoms with van der Waals surface area (Å²) in [7, 11) is 0. The number of carbonyl (C=O) groups excluding carboxylic acids is 1. The Morgan fingerprint density at radius 3 is 2.75 bits per heavy atom. The van der Waals surface area contributed by atoms with Crippen LogP contribution in [0.4, 0.5) is 5.82 Å². The highest BCUT2D eigenvalue weighted by Gasteiger charge is 2.22. The van der Waals surface area contributed by atoms with Crippen molar-refractivity contribution in [2.45, 2.75) is 27.3 Å². The second-order valence-electron chi connectivity index (χ2n) is 6.02. The fourth-order valence-corrected chi connectivity index (χ4v) is 2.07. The molecule has 0 bridgehead atoms. The van der Waals surface area contributed by atoms with Gasteiger partial charge in [-0.15, -0.1) is 0 Å². The first-order valence-electron chi connectivity index (χ1n) is 7.03. The Morgan fingerprint density at radius 1 is 1.40 bits per heavy atom. The lowest BCUT2D eigenvalue weighted by Gasteiger charge is -2.29.